The molecule has 0 radical (unpaired) electrons. The van der Waals surface area contributed by atoms with Crippen LogP contribution in [0.1, 0.15) is 76.7 Å². The third kappa shape index (κ3) is 7.05. The van der Waals surface area contributed by atoms with E-state index >= 15 is 0 Å². The molecule has 1 unspecified atom stereocenters. The second kappa shape index (κ2) is 14.1. The summed E-state index contributed by atoms with van der Waals surface area (Å²) in [5.41, 5.74) is 3.50. The molecule has 10 nitrogen and oxygen atoms in total. The number of fused-ring (bicyclic) bond motifs is 4. The Hall–Kier alpha value is -3.80. The summed E-state index contributed by atoms with van der Waals surface area (Å²) < 4.78 is 34.0. The van der Waals surface area contributed by atoms with E-state index in [1.165, 1.54) is 23.5 Å². The summed E-state index contributed by atoms with van der Waals surface area (Å²) in [6.45, 7) is 5.63. The molecule has 264 valence electrons. The number of carbonyl (C=O) groups is 2. The average Bonchev–Trinajstić information content (AvgIpc) is 3.22. The van der Waals surface area contributed by atoms with Crippen LogP contribution in [0.4, 0.5) is 5.69 Å². The lowest BCUT2D eigenvalue weighted by atomic mass is 9.68. The fourth-order valence-electron chi connectivity index (χ4n) is 8.08. The van der Waals surface area contributed by atoms with E-state index in [0.717, 1.165) is 49.4 Å². The Kier molecular flexibility index (Phi) is 9.75. The van der Waals surface area contributed by atoms with Crippen LogP contribution in [0.25, 0.3) is 0 Å². The highest BCUT2D eigenvalue weighted by Gasteiger charge is 2.44. The quantitative estimate of drug-likeness (QED) is 0.305. The first-order valence-corrected chi connectivity index (χ1v) is 19.5. The molecule has 2 aliphatic carbocycles. The molecule has 4 aliphatic rings. The number of methoxy groups -OCH3 is 1. The summed E-state index contributed by atoms with van der Waals surface area (Å²) >= 11 is 6.45. The SMILES string of the molecule is CO[C@H]1/C=C\C[C@H](C)CS(=O)(NC(=O)c2cnc(C)nc2)=NC(=O)c2ccc3c(c2)N(C[C@@H]2CC[C@H]21)C[C@@]1(CCCc2cc(Cl)ccc21)CO3. The number of allylic oxidation sites excluding steroid dienone is 1. The number of carbonyl (C=O) groups excluding carboxylic acids is 2. The summed E-state index contributed by atoms with van der Waals surface area (Å²) in [5, 5.41) is 0.737. The fraction of sp³-hybridized carbons (Fsp3) is 0.474. The summed E-state index contributed by atoms with van der Waals surface area (Å²) in [6.07, 6.45) is 12.6. The number of aryl methyl sites for hydroxylation is 2. The minimum atomic E-state index is -3.55. The van der Waals surface area contributed by atoms with Crippen molar-refractivity contribution in [3.05, 3.63) is 94.0 Å². The van der Waals surface area contributed by atoms with E-state index in [1.807, 2.05) is 25.1 Å². The standard InChI is InChI=1S/C38H44ClN5O5S/c1-24-6-4-8-34(48-3)31-12-9-28(31)20-44-22-38(15-5-7-26-16-30(39)11-13-32(26)38)23-49-35-14-10-27(17-33(35)44)36(45)42-50(47,21-24)43-37(46)29-18-40-25(2)41-19-29/h4,8,10-11,13-14,16-19,24,28,31,34H,5-7,9,12,15,20-23H2,1-3H3,(H,42,43,45,46,47)/b8-4-/t24-,28-,31+,34-,38-,50?/m0/s1. The number of benzene rings is 2. The van der Waals surface area contributed by atoms with Gasteiger partial charge >= 0.3 is 0 Å². The molecule has 6 atom stereocenters. The number of hydrogen-bond acceptors (Lipinski definition) is 8. The van der Waals surface area contributed by atoms with Gasteiger partial charge in [-0.3, -0.25) is 14.3 Å². The number of nitrogens with one attached hydrogen (secondary N) is 1. The Balaban J connectivity index is 1.30. The summed E-state index contributed by atoms with van der Waals surface area (Å²) in [4.78, 5) is 37.8. The van der Waals surface area contributed by atoms with Crippen LogP contribution in [-0.4, -0.2) is 64.7 Å². The van der Waals surface area contributed by atoms with Crippen LogP contribution in [-0.2, 0) is 26.5 Å². The van der Waals surface area contributed by atoms with Gasteiger partial charge in [-0.25, -0.2) is 14.2 Å². The second-order valence-electron chi connectivity index (χ2n) is 14.4. The lowest BCUT2D eigenvalue weighted by molar-refractivity contribution is 0.0131. The molecule has 0 saturated heterocycles. The molecule has 2 aliphatic heterocycles. The van der Waals surface area contributed by atoms with Crippen molar-refractivity contribution >= 4 is 39.0 Å². The van der Waals surface area contributed by atoms with Crippen molar-refractivity contribution in [2.45, 2.75) is 63.9 Å². The lowest BCUT2D eigenvalue weighted by Gasteiger charge is -2.46. The van der Waals surface area contributed by atoms with E-state index in [0.29, 0.717) is 43.0 Å². The number of amides is 2. The van der Waals surface area contributed by atoms with Crippen LogP contribution in [0.5, 0.6) is 5.75 Å². The third-order valence-electron chi connectivity index (χ3n) is 10.8. The molecule has 3 aromatic rings. The number of nitrogens with zero attached hydrogens (tertiary/aromatic N) is 4. The van der Waals surface area contributed by atoms with E-state index in [2.05, 4.69) is 48.2 Å². The zero-order chi connectivity index (χ0) is 35.0. The van der Waals surface area contributed by atoms with Gasteiger partial charge in [0.1, 0.15) is 21.5 Å². The molecule has 1 N–H and O–H groups in total. The largest absolute Gasteiger partial charge is 0.490 e. The zero-order valence-corrected chi connectivity index (χ0v) is 30.3. The van der Waals surface area contributed by atoms with Gasteiger partial charge in [0.25, 0.3) is 11.8 Å². The molecule has 7 rings (SSSR count). The first-order valence-electron chi connectivity index (χ1n) is 17.4. The van der Waals surface area contributed by atoms with Gasteiger partial charge in [-0.15, -0.1) is 4.36 Å². The highest BCUT2D eigenvalue weighted by Crippen LogP contribution is 2.47. The Bertz CT molecular complexity index is 1940. The van der Waals surface area contributed by atoms with Crippen LogP contribution < -0.4 is 14.4 Å². The highest BCUT2D eigenvalue weighted by molar-refractivity contribution is 7.92. The zero-order valence-electron chi connectivity index (χ0n) is 28.8. The molecular formula is C38H44ClN5O5S. The molecule has 2 bridgehead atoms. The predicted molar refractivity (Wildman–Crippen MR) is 194 cm³/mol. The lowest BCUT2D eigenvalue weighted by Crippen LogP contribution is -2.49. The molecule has 1 saturated carbocycles. The molecule has 1 fully saturated rings. The Labute approximate surface area is 299 Å². The van der Waals surface area contributed by atoms with E-state index in [-0.39, 0.29) is 34.3 Å². The van der Waals surface area contributed by atoms with Crippen LogP contribution in [0.2, 0.25) is 5.02 Å². The van der Waals surface area contributed by atoms with Crippen LogP contribution >= 0.6 is 11.6 Å². The van der Waals surface area contributed by atoms with Gasteiger partial charge in [-0.05, 0) is 105 Å². The van der Waals surface area contributed by atoms with Crippen molar-refractivity contribution in [1.82, 2.24) is 14.7 Å². The highest BCUT2D eigenvalue weighted by atomic mass is 35.5. The summed E-state index contributed by atoms with van der Waals surface area (Å²) in [6, 6.07) is 11.5. The fourth-order valence-corrected chi connectivity index (χ4v) is 10.2. The molecule has 50 heavy (non-hydrogen) atoms. The number of aromatic nitrogens is 2. The van der Waals surface area contributed by atoms with Crippen molar-refractivity contribution < 1.29 is 23.3 Å². The third-order valence-corrected chi connectivity index (χ3v) is 13.0. The minimum Gasteiger partial charge on any atom is -0.490 e. The Morgan fingerprint density at radius 1 is 1.16 bits per heavy atom. The molecule has 3 heterocycles. The summed E-state index contributed by atoms with van der Waals surface area (Å²) in [7, 11) is -1.79. The minimum absolute atomic E-state index is 0.0165. The maximum absolute atomic E-state index is 14.5. The maximum atomic E-state index is 14.5. The molecule has 2 amide bonds. The average molecular weight is 718 g/mol. The number of hydrogen-bond donors (Lipinski definition) is 1. The topological polar surface area (TPSA) is 123 Å². The molecular weight excluding hydrogens is 674 g/mol. The van der Waals surface area contributed by atoms with E-state index in [4.69, 9.17) is 21.1 Å². The monoisotopic (exact) mass is 717 g/mol. The van der Waals surface area contributed by atoms with Crippen LogP contribution in [0.3, 0.4) is 0 Å². The van der Waals surface area contributed by atoms with Gasteiger partial charge < -0.3 is 14.4 Å². The van der Waals surface area contributed by atoms with Gasteiger partial charge in [0.2, 0.25) is 0 Å². The Morgan fingerprint density at radius 2 is 1.98 bits per heavy atom. The first-order chi connectivity index (χ1) is 24.0. The van der Waals surface area contributed by atoms with Crippen molar-refractivity contribution in [2.24, 2.45) is 22.1 Å². The molecule has 2 aromatic carbocycles. The van der Waals surface area contributed by atoms with Crippen molar-refractivity contribution in [3.8, 4) is 5.75 Å². The van der Waals surface area contributed by atoms with E-state index in [1.54, 1.807) is 20.1 Å². The molecule has 1 aromatic heterocycles. The van der Waals surface area contributed by atoms with Crippen LogP contribution in [0, 0.1) is 24.7 Å². The number of anilines is 1. The Morgan fingerprint density at radius 3 is 2.74 bits per heavy atom. The normalized spacial score (nSPS) is 30.1. The number of ether oxygens (including phenoxy) is 2. The van der Waals surface area contributed by atoms with Gasteiger partial charge in [-0.1, -0.05) is 36.7 Å². The number of halogens is 1. The predicted octanol–water partition coefficient (Wildman–Crippen LogP) is 6.50. The summed E-state index contributed by atoms with van der Waals surface area (Å²) in [5.74, 6) is 0.426. The van der Waals surface area contributed by atoms with Crippen molar-refractivity contribution in [3.63, 3.8) is 0 Å². The first kappa shape index (κ1) is 34.6. The van der Waals surface area contributed by atoms with Gasteiger partial charge in [0.05, 0.1) is 29.7 Å². The van der Waals surface area contributed by atoms with Crippen molar-refractivity contribution in [1.29, 1.82) is 0 Å². The molecule has 1 spiro atoms. The van der Waals surface area contributed by atoms with Crippen LogP contribution in [0.15, 0.2) is 65.3 Å². The van der Waals surface area contributed by atoms with E-state index in [9.17, 15) is 13.8 Å². The van der Waals surface area contributed by atoms with Crippen molar-refractivity contribution in [2.75, 3.05) is 37.5 Å². The maximum Gasteiger partial charge on any atom is 0.286 e. The van der Waals surface area contributed by atoms with E-state index < -0.39 is 21.7 Å². The number of rotatable bonds is 3. The smallest absolute Gasteiger partial charge is 0.286 e. The molecule has 12 heteroatoms. The van der Waals surface area contributed by atoms with Gasteiger partial charge in [0.15, 0.2) is 0 Å². The van der Waals surface area contributed by atoms with Gasteiger partial charge in [-0.2, -0.15) is 0 Å². The second-order valence-corrected chi connectivity index (χ2v) is 16.8. The van der Waals surface area contributed by atoms with Gasteiger partial charge in [0, 0.05) is 48.6 Å².